The minimum absolute atomic E-state index is 0.127. The normalized spacial score (nSPS) is 11.6. The fourth-order valence-corrected chi connectivity index (χ4v) is 1.99. The van der Waals surface area contributed by atoms with Crippen molar-refractivity contribution in [2.75, 3.05) is 18.1 Å². The summed E-state index contributed by atoms with van der Waals surface area (Å²) in [5, 5.41) is 9.10. The molecule has 0 amide bonds. The van der Waals surface area contributed by atoms with Crippen molar-refractivity contribution in [3.05, 3.63) is 18.2 Å². The Morgan fingerprint density at radius 2 is 1.93 bits per heavy atom. The van der Waals surface area contributed by atoms with Crippen LogP contribution in [-0.2, 0) is 0 Å². The van der Waals surface area contributed by atoms with Gasteiger partial charge in [0.2, 0.25) is 0 Å². The number of hydrogen-bond donors (Lipinski definition) is 3. The highest BCUT2D eigenvalue weighted by Crippen LogP contribution is 2.33. The molecular formula is C10H16N2OS. The average molecular weight is 212 g/mol. The van der Waals surface area contributed by atoms with Gasteiger partial charge in [-0.3, -0.25) is 0 Å². The Balaban J connectivity index is 2.83. The van der Waals surface area contributed by atoms with Gasteiger partial charge in [-0.25, -0.2) is 0 Å². The maximum absolute atomic E-state index is 9.10. The molecule has 78 valence electrons. The largest absolute Gasteiger partial charge is 0.397 e. The summed E-state index contributed by atoms with van der Waals surface area (Å²) in [6.07, 6.45) is 0. The van der Waals surface area contributed by atoms with Crippen LogP contribution in [0.1, 0.15) is 13.8 Å². The Labute approximate surface area is 88.5 Å². The van der Waals surface area contributed by atoms with E-state index in [-0.39, 0.29) is 11.4 Å². The lowest BCUT2D eigenvalue weighted by molar-refractivity contribution is 0.265. The smallest absolute Gasteiger partial charge is 0.0576 e. The van der Waals surface area contributed by atoms with E-state index in [1.54, 1.807) is 17.8 Å². The second-order valence-electron chi connectivity index (χ2n) is 3.81. The van der Waals surface area contributed by atoms with E-state index in [0.717, 1.165) is 4.90 Å². The zero-order valence-electron chi connectivity index (χ0n) is 8.45. The first-order valence-corrected chi connectivity index (χ1v) is 5.21. The van der Waals surface area contributed by atoms with Crippen molar-refractivity contribution in [1.29, 1.82) is 0 Å². The summed E-state index contributed by atoms with van der Waals surface area (Å²) in [6.45, 7) is 4.08. The third-order valence-corrected chi connectivity index (χ3v) is 3.00. The molecule has 1 rings (SSSR count). The second kappa shape index (κ2) is 4.11. The molecule has 5 N–H and O–H groups in total. The van der Waals surface area contributed by atoms with Gasteiger partial charge in [0.1, 0.15) is 0 Å². The predicted molar refractivity (Wildman–Crippen MR) is 62.3 cm³/mol. The highest BCUT2D eigenvalue weighted by Gasteiger charge is 2.18. The Morgan fingerprint density at radius 1 is 1.29 bits per heavy atom. The van der Waals surface area contributed by atoms with Crippen LogP contribution in [0.3, 0.4) is 0 Å². The van der Waals surface area contributed by atoms with E-state index < -0.39 is 0 Å². The molecule has 4 heteroatoms. The summed E-state index contributed by atoms with van der Waals surface area (Å²) in [5.74, 6) is 0. The summed E-state index contributed by atoms with van der Waals surface area (Å²) < 4.78 is -0.192. The van der Waals surface area contributed by atoms with Crippen molar-refractivity contribution in [3.8, 4) is 0 Å². The van der Waals surface area contributed by atoms with E-state index in [2.05, 4.69) is 0 Å². The van der Waals surface area contributed by atoms with Gasteiger partial charge in [0.05, 0.1) is 18.0 Å². The van der Waals surface area contributed by atoms with Crippen molar-refractivity contribution in [2.45, 2.75) is 23.5 Å². The number of nitrogens with two attached hydrogens (primary N) is 2. The van der Waals surface area contributed by atoms with Crippen LogP contribution in [0.25, 0.3) is 0 Å². The topological polar surface area (TPSA) is 72.3 Å². The van der Waals surface area contributed by atoms with Gasteiger partial charge in [-0.2, -0.15) is 0 Å². The molecule has 0 heterocycles. The molecule has 3 nitrogen and oxygen atoms in total. The van der Waals surface area contributed by atoms with Crippen LogP contribution >= 0.6 is 11.8 Å². The van der Waals surface area contributed by atoms with Crippen molar-refractivity contribution in [1.82, 2.24) is 0 Å². The number of anilines is 2. The van der Waals surface area contributed by atoms with Gasteiger partial charge in [-0.05, 0) is 32.0 Å². The average Bonchev–Trinajstić information content (AvgIpc) is 2.11. The molecule has 0 spiro atoms. The quantitative estimate of drug-likeness (QED) is 0.527. The van der Waals surface area contributed by atoms with Crippen molar-refractivity contribution in [3.63, 3.8) is 0 Å². The molecule has 0 fully saturated rings. The van der Waals surface area contributed by atoms with E-state index in [1.807, 2.05) is 26.0 Å². The van der Waals surface area contributed by atoms with E-state index in [9.17, 15) is 0 Å². The van der Waals surface area contributed by atoms with Crippen LogP contribution in [0, 0.1) is 0 Å². The summed E-state index contributed by atoms with van der Waals surface area (Å²) in [6, 6.07) is 5.52. The highest BCUT2D eigenvalue weighted by atomic mass is 32.2. The number of hydrogen-bond acceptors (Lipinski definition) is 4. The molecule has 14 heavy (non-hydrogen) atoms. The minimum Gasteiger partial charge on any atom is -0.397 e. The van der Waals surface area contributed by atoms with E-state index >= 15 is 0 Å². The zero-order valence-corrected chi connectivity index (χ0v) is 9.27. The predicted octanol–water partition coefficient (Wildman–Crippen LogP) is 1.71. The maximum atomic E-state index is 9.10. The lowest BCUT2D eigenvalue weighted by atomic mass is 10.2. The van der Waals surface area contributed by atoms with Crippen molar-refractivity contribution < 1.29 is 5.11 Å². The lowest BCUT2D eigenvalue weighted by Gasteiger charge is -2.21. The van der Waals surface area contributed by atoms with E-state index in [4.69, 9.17) is 16.6 Å². The minimum atomic E-state index is -0.192. The van der Waals surface area contributed by atoms with Crippen LogP contribution in [0.4, 0.5) is 11.4 Å². The molecule has 0 unspecified atom stereocenters. The summed E-state index contributed by atoms with van der Waals surface area (Å²) in [4.78, 5) is 1.02. The van der Waals surface area contributed by atoms with Crippen LogP contribution in [0.5, 0.6) is 0 Å². The highest BCUT2D eigenvalue weighted by molar-refractivity contribution is 8.00. The van der Waals surface area contributed by atoms with E-state index in [1.165, 1.54) is 0 Å². The van der Waals surface area contributed by atoms with Crippen molar-refractivity contribution >= 4 is 23.1 Å². The molecule has 0 aliphatic heterocycles. The monoisotopic (exact) mass is 212 g/mol. The Bertz CT molecular complexity index is 326. The van der Waals surface area contributed by atoms with Gasteiger partial charge in [-0.15, -0.1) is 11.8 Å². The summed E-state index contributed by atoms with van der Waals surface area (Å²) >= 11 is 1.58. The molecule has 1 aromatic carbocycles. The number of rotatable bonds is 3. The maximum Gasteiger partial charge on any atom is 0.0576 e. The molecular weight excluding hydrogens is 196 g/mol. The van der Waals surface area contributed by atoms with Gasteiger partial charge >= 0.3 is 0 Å². The van der Waals surface area contributed by atoms with Crippen LogP contribution in [0.2, 0.25) is 0 Å². The number of thioether (sulfide) groups is 1. The molecule has 0 radical (unpaired) electrons. The summed E-state index contributed by atoms with van der Waals surface area (Å²) in [7, 11) is 0. The first-order chi connectivity index (χ1) is 6.44. The van der Waals surface area contributed by atoms with Crippen molar-refractivity contribution in [2.24, 2.45) is 0 Å². The van der Waals surface area contributed by atoms with Gasteiger partial charge in [0, 0.05) is 9.64 Å². The number of aliphatic hydroxyl groups is 1. The lowest BCUT2D eigenvalue weighted by Crippen LogP contribution is -2.19. The zero-order chi connectivity index (χ0) is 10.8. The standard InChI is InChI=1S/C10H16N2OS/c1-10(2,6-13)14-7-3-4-8(11)9(12)5-7/h3-5,13H,6,11-12H2,1-2H3. The Morgan fingerprint density at radius 3 is 2.43 bits per heavy atom. The van der Waals surface area contributed by atoms with Crippen LogP contribution < -0.4 is 11.5 Å². The fourth-order valence-electron chi connectivity index (χ4n) is 0.968. The summed E-state index contributed by atoms with van der Waals surface area (Å²) in [5.41, 5.74) is 12.5. The second-order valence-corrected chi connectivity index (χ2v) is 5.59. The molecule has 0 aliphatic rings. The third kappa shape index (κ3) is 2.82. The molecule has 0 atom stereocenters. The molecule has 0 saturated carbocycles. The number of benzene rings is 1. The molecule has 0 saturated heterocycles. The van der Waals surface area contributed by atoms with E-state index in [0.29, 0.717) is 11.4 Å². The SMILES string of the molecule is CC(C)(CO)Sc1ccc(N)c(N)c1. The Kier molecular flexibility index (Phi) is 3.29. The van der Waals surface area contributed by atoms with Crippen LogP contribution in [0.15, 0.2) is 23.1 Å². The van der Waals surface area contributed by atoms with Crippen LogP contribution in [-0.4, -0.2) is 16.5 Å². The number of nitrogen functional groups attached to an aromatic ring is 2. The van der Waals surface area contributed by atoms with Gasteiger partial charge in [0.25, 0.3) is 0 Å². The molecule has 0 aromatic heterocycles. The third-order valence-electron chi connectivity index (χ3n) is 1.83. The van der Waals surface area contributed by atoms with Gasteiger partial charge in [0.15, 0.2) is 0 Å². The fraction of sp³-hybridized carbons (Fsp3) is 0.400. The van der Waals surface area contributed by atoms with Gasteiger partial charge < -0.3 is 16.6 Å². The first-order valence-electron chi connectivity index (χ1n) is 4.39. The van der Waals surface area contributed by atoms with Gasteiger partial charge in [-0.1, -0.05) is 0 Å². The first kappa shape index (κ1) is 11.2. The molecule has 0 aliphatic carbocycles. The Hall–Kier alpha value is -0.870. The molecule has 1 aromatic rings. The number of aliphatic hydroxyl groups excluding tert-OH is 1. The molecule has 0 bridgehead atoms.